The van der Waals surface area contributed by atoms with E-state index < -0.39 is 36.3 Å². The Labute approximate surface area is 246 Å². The minimum absolute atomic E-state index is 0.0309. The molecule has 2 amide bonds. The van der Waals surface area contributed by atoms with Crippen molar-refractivity contribution in [3.8, 4) is 17.2 Å². The van der Waals surface area contributed by atoms with Crippen molar-refractivity contribution in [1.29, 1.82) is 0 Å². The molecule has 0 aliphatic heterocycles. The van der Waals surface area contributed by atoms with Crippen molar-refractivity contribution < 1.29 is 33.5 Å². The monoisotopic (exact) mass is 585 g/mol. The molecule has 1 heterocycles. The average molecular weight is 586 g/mol. The fourth-order valence-corrected chi connectivity index (χ4v) is 5.33. The molecule has 2 atom stereocenters. The third-order valence-corrected chi connectivity index (χ3v) is 7.48. The fraction of sp³-hybridized carbons (Fsp3) is 0.600. The molecule has 42 heavy (non-hydrogen) atoms. The number of rotatable bonds is 15. The number of ketones is 1. The highest BCUT2D eigenvalue weighted by atomic mass is 16.5. The van der Waals surface area contributed by atoms with Gasteiger partial charge in [-0.15, -0.1) is 0 Å². The Balaban J connectivity index is 1.66. The van der Waals surface area contributed by atoms with E-state index in [0.29, 0.717) is 34.5 Å². The molecule has 1 aliphatic carbocycles. The van der Waals surface area contributed by atoms with Crippen molar-refractivity contribution in [3.63, 3.8) is 0 Å². The Hall–Kier alpha value is -3.80. The summed E-state index contributed by atoms with van der Waals surface area (Å²) in [7, 11) is 3.33. The zero-order valence-corrected chi connectivity index (χ0v) is 25.1. The van der Waals surface area contributed by atoms with Crippen LogP contribution in [0, 0.1) is 18.8 Å². The first-order chi connectivity index (χ1) is 20.0. The van der Waals surface area contributed by atoms with Gasteiger partial charge in [-0.2, -0.15) is 4.98 Å². The molecule has 1 aromatic heterocycles. The Morgan fingerprint density at radius 2 is 1.86 bits per heavy atom. The number of hydrogen-bond acceptors (Lipinski definition) is 9. The van der Waals surface area contributed by atoms with Crippen LogP contribution in [0.2, 0.25) is 0 Å². The summed E-state index contributed by atoms with van der Waals surface area (Å²) in [6.45, 7) is 6.00. The molecule has 3 rings (SSSR count). The number of benzene rings is 1. The Kier molecular flexibility index (Phi) is 12.0. The molecule has 0 bridgehead atoms. The second-order valence-corrected chi connectivity index (χ2v) is 11.5. The third kappa shape index (κ3) is 9.64. The number of aliphatic carboxylic acids is 1. The van der Waals surface area contributed by atoms with Crippen molar-refractivity contribution in [2.24, 2.45) is 11.8 Å². The molecule has 1 aliphatic rings. The molecule has 12 heteroatoms. The molecule has 0 spiro atoms. The van der Waals surface area contributed by atoms with Crippen LogP contribution in [-0.4, -0.2) is 83.0 Å². The van der Waals surface area contributed by atoms with E-state index in [1.165, 1.54) is 26.4 Å². The van der Waals surface area contributed by atoms with E-state index in [9.17, 15) is 24.3 Å². The molecule has 0 saturated heterocycles. The number of carboxylic acids is 1. The molecule has 1 aromatic carbocycles. The predicted octanol–water partition coefficient (Wildman–Crippen LogP) is 2.78. The molecule has 0 unspecified atom stereocenters. The van der Waals surface area contributed by atoms with Gasteiger partial charge in [0.25, 0.3) is 5.89 Å². The van der Waals surface area contributed by atoms with Gasteiger partial charge >= 0.3 is 5.97 Å². The summed E-state index contributed by atoms with van der Waals surface area (Å²) >= 11 is 0. The number of nitrogens with one attached hydrogen (secondary N) is 2. The van der Waals surface area contributed by atoms with Crippen molar-refractivity contribution in [1.82, 2.24) is 25.7 Å². The number of aryl methyl sites for hydroxylation is 1. The lowest BCUT2D eigenvalue weighted by atomic mass is 9.89. The highest BCUT2D eigenvalue weighted by Gasteiger charge is 2.31. The maximum absolute atomic E-state index is 13.3. The zero-order chi connectivity index (χ0) is 30.8. The van der Waals surface area contributed by atoms with Crippen molar-refractivity contribution in [2.75, 3.05) is 27.2 Å². The number of carbonyl (C=O) groups is 4. The normalized spacial score (nSPS) is 15.3. The Morgan fingerprint density at radius 3 is 2.45 bits per heavy atom. The highest BCUT2D eigenvalue weighted by molar-refractivity contribution is 5.95. The van der Waals surface area contributed by atoms with Gasteiger partial charge < -0.3 is 25.0 Å². The number of likely N-dealkylation sites (N-methyl/N-ethyl adjacent to an activating group) is 1. The molecular weight excluding hydrogens is 542 g/mol. The van der Waals surface area contributed by atoms with Crippen LogP contribution in [-0.2, 0) is 25.6 Å². The smallest absolute Gasteiger partial charge is 0.305 e. The number of Topliss-reactive ketones (excluding diaryl/α,β-unsaturated/α-hetero) is 1. The van der Waals surface area contributed by atoms with E-state index in [1.807, 2.05) is 11.9 Å². The topological polar surface area (TPSA) is 164 Å². The summed E-state index contributed by atoms with van der Waals surface area (Å²) in [5, 5.41) is 18.6. The lowest BCUT2D eigenvalue weighted by Gasteiger charge is -2.28. The van der Waals surface area contributed by atoms with Gasteiger partial charge in [0.15, 0.2) is 11.6 Å². The number of methoxy groups -OCH3 is 1. The molecular formula is C30H43N5O7. The first-order valence-electron chi connectivity index (χ1n) is 14.5. The second kappa shape index (κ2) is 15.4. The number of carbonyl (C=O) groups excluding carboxylic acids is 3. The first-order valence-corrected chi connectivity index (χ1v) is 14.5. The van der Waals surface area contributed by atoms with Gasteiger partial charge in [0.05, 0.1) is 32.5 Å². The van der Waals surface area contributed by atoms with E-state index in [0.717, 1.165) is 19.4 Å². The predicted molar refractivity (Wildman–Crippen MR) is 155 cm³/mol. The summed E-state index contributed by atoms with van der Waals surface area (Å²) in [5.41, 5.74) is 1.16. The van der Waals surface area contributed by atoms with Crippen molar-refractivity contribution in [2.45, 2.75) is 77.8 Å². The minimum atomic E-state index is -1.21. The summed E-state index contributed by atoms with van der Waals surface area (Å²) < 4.78 is 10.6. The minimum Gasteiger partial charge on any atom is -0.496 e. The van der Waals surface area contributed by atoms with E-state index in [2.05, 4.69) is 20.8 Å². The molecule has 1 saturated carbocycles. The number of ether oxygens (including phenoxy) is 1. The quantitative estimate of drug-likeness (QED) is 0.283. The van der Waals surface area contributed by atoms with Crippen LogP contribution < -0.4 is 15.4 Å². The fourth-order valence-electron chi connectivity index (χ4n) is 5.33. The summed E-state index contributed by atoms with van der Waals surface area (Å²) in [4.78, 5) is 57.2. The highest BCUT2D eigenvalue weighted by Crippen LogP contribution is 2.27. The SMILES string of the molecule is COc1ccc(-c2nc(C)no2)cc1CC(=O)N[C@H](C(=O)N[C@@H](CC(=O)O)C(=O)CN(C)CC1CCCCC1)C(C)C. The maximum atomic E-state index is 13.3. The molecule has 12 nitrogen and oxygen atoms in total. The summed E-state index contributed by atoms with van der Waals surface area (Å²) in [5.74, 6) is -1.22. The van der Waals surface area contributed by atoms with Crippen LogP contribution in [0.1, 0.15) is 63.8 Å². The van der Waals surface area contributed by atoms with Gasteiger partial charge in [0, 0.05) is 17.7 Å². The van der Waals surface area contributed by atoms with Crippen molar-refractivity contribution in [3.05, 3.63) is 29.6 Å². The van der Waals surface area contributed by atoms with Crippen LogP contribution in [0.25, 0.3) is 11.5 Å². The van der Waals surface area contributed by atoms with Crippen LogP contribution in [0.5, 0.6) is 5.75 Å². The van der Waals surface area contributed by atoms with E-state index >= 15 is 0 Å². The average Bonchev–Trinajstić information content (AvgIpc) is 3.37. The molecule has 1 fully saturated rings. The van der Waals surface area contributed by atoms with E-state index in [-0.39, 0.29) is 24.7 Å². The van der Waals surface area contributed by atoms with Crippen molar-refractivity contribution >= 4 is 23.6 Å². The lowest BCUT2D eigenvalue weighted by Crippen LogP contribution is -2.55. The van der Waals surface area contributed by atoms with Gasteiger partial charge in [-0.3, -0.25) is 24.1 Å². The molecule has 2 aromatic rings. The van der Waals surface area contributed by atoms with Gasteiger partial charge in [0.2, 0.25) is 11.8 Å². The van der Waals surface area contributed by atoms with E-state index in [1.54, 1.807) is 39.0 Å². The van der Waals surface area contributed by atoms with E-state index in [4.69, 9.17) is 9.26 Å². The van der Waals surface area contributed by atoms with Crippen LogP contribution >= 0.6 is 0 Å². The largest absolute Gasteiger partial charge is 0.496 e. The number of amides is 2. The van der Waals surface area contributed by atoms with Crippen LogP contribution in [0.3, 0.4) is 0 Å². The first kappa shape index (κ1) is 32.7. The second-order valence-electron chi connectivity index (χ2n) is 11.5. The number of carboxylic acid groups (broad SMARTS) is 1. The summed E-state index contributed by atoms with van der Waals surface area (Å²) in [6, 6.07) is 2.94. The van der Waals surface area contributed by atoms with Gasteiger partial charge in [0.1, 0.15) is 11.8 Å². The summed E-state index contributed by atoms with van der Waals surface area (Å²) in [6.07, 6.45) is 5.20. The maximum Gasteiger partial charge on any atom is 0.305 e. The standard InChI is InChI=1S/C30H43N5O7/c1-18(2)28(33-26(37)14-22-13-21(11-12-25(22)41-5)30-31-19(3)34-42-30)29(40)32-23(15-27(38)39)24(36)17-35(4)16-20-9-7-6-8-10-20/h11-13,18,20,23,28H,6-10,14-17H2,1-5H3,(H,32,40)(H,33,37)(H,38,39)/t23-,28-/m0/s1. The van der Waals surface area contributed by atoms with Gasteiger partial charge in [-0.1, -0.05) is 38.3 Å². The van der Waals surface area contributed by atoms with Gasteiger partial charge in [-0.25, -0.2) is 0 Å². The van der Waals surface area contributed by atoms with Gasteiger partial charge in [-0.05, 0) is 56.8 Å². The number of hydrogen-bond donors (Lipinski definition) is 3. The van der Waals surface area contributed by atoms with Crippen LogP contribution in [0.15, 0.2) is 22.7 Å². The Morgan fingerprint density at radius 1 is 1.14 bits per heavy atom. The Bertz CT molecular complexity index is 1240. The molecule has 3 N–H and O–H groups in total. The van der Waals surface area contributed by atoms with Crippen LogP contribution in [0.4, 0.5) is 0 Å². The number of aromatic nitrogens is 2. The molecule has 230 valence electrons. The molecule has 0 radical (unpaired) electrons. The lowest BCUT2D eigenvalue weighted by molar-refractivity contribution is -0.141. The third-order valence-electron chi connectivity index (χ3n) is 7.48. The zero-order valence-electron chi connectivity index (χ0n) is 25.1. The number of nitrogens with zero attached hydrogens (tertiary/aromatic N) is 3.